The highest BCUT2D eigenvalue weighted by Crippen LogP contribution is 2.29. The predicted octanol–water partition coefficient (Wildman–Crippen LogP) is 4.63. The zero-order valence-electron chi connectivity index (χ0n) is 12.8. The molecule has 1 aliphatic rings. The van der Waals surface area contributed by atoms with Gasteiger partial charge in [0.05, 0.1) is 11.8 Å². The Hall–Kier alpha value is -1.37. The van der Waals surface area contributed by atoms with E-state index in [0.29, 0.717) is 22.9 Å². The van der Waals surface area contributed by atoms with Gasteiger partial charge in [-0.15, -0.1) is 11.3 Å². The van der Waals surface area contributed by atoms with Gasteiger partial charge in [0.1, 0.15) is 17.2 Å². The van der Waals surface area contributed by atoms with Crippen LogP contribution in [0.5, 0.6) is 5.75 Å². The third kappa shape index (κ3) is 4.13. The monoisotopic (exact) mass is 395 g/mol. The number of hydrogen-bond donors (Lipinski definition) is 1. The Kier molecular flexibility index (Phi) is 5.35. The molecule has 23 heavy (non-hydrogen) atoms. The third-order valence-corrected chi connectivity index (χ3v) is 5.49. The van der Waals surface area contributed by atoms with E-state index in [2.05, 4.69) is 21.2 Å². The van der Waals surface area contributed by atoms with Crippen LogP contribution in [0.25, 0.3) is 0 Å². The lowest BCUT2D eigenvalue weighted by molar-refractivity contribution is 0.0681. The van der Waals surface area contributed by atoms with Gasteiger partial charge >= 0.3 is 0 Å². The van der Waals surface area contributed by atoms with Gasteiger partial charge in [0.15, 0.2) is 0 Å². The van der Waals surface area contributed by atoms with Gasteiger partial charge in [-0.1, -0.05) is 6.07 Å². The van der Waals surface area contributed by atoms with E-state index in [4.69, 9.17) is 9.47 Å². The standard InChI is InChI=1S/C17H18BrNO3S/c1-11-4-5-14(19-17(20)16-13(18)6-8-23-16)15(9-11)22-10-12-3-2-7-21-12/h4-6,8-9,12H,2-3,7,10H2,1H3,(H,19,20). The van der Waals surface area contributed by atoms with Crippen molar-refractivity contribution in [2.75, 3.05) is 18.5 Å². The topological polar surface area (TPSA) is 47.6 Å². The number of aryl methyl sites for hydroxylation is 1. The minimum absolute atomic E-state index is 0.141. The van der Waals surface area contributed by atoms with E-state index in [0.717, 1.165) is 29.5 Å². The van der Waals surface area contributed by atoms with Crippen molar-refractivity contribution in [1.29, 1.82) is 0 Å². The summed E-state index contributed by atoms with van der Waals surface area (Å²) < 4.78 is 12.3. The molecule has 1 atom stereocenters. The Labute approximate surface area is 147 Å². The first-order valence-electron chi connectivity index (χ1n) is 7.53. The van der Waals surface area contributed by atoms with Crippen molar-refractivity contribution in [2.45, 2.75) is 25.9 Å². The highest BCUT2D eigenvalue weighted by Gasteiger charge is 2.18. The Morgan fingerprint density at radius 2 is 2.35 bits per heavy atom. The Bertz CT molecular complexity index is 695. The highest BCUT2D eigenvalue weighted by atomic mass is 79.9. The number of amides is 1. The fourth-order valence-corrected chi connectivity index (χ4v) is 3.89. The van der Waals surface area contributed by atoms with E-state index in [1.54, 1.807) is 0 Å². The van der Waals surface area contributed by atoms with Gasteiger partial charge in [-0.25, -0.2) is 0 Å². The van der Waals surface area contributed by atoms with Gasteiger partial charge < -0.3 is 14.8 Å². The quantitative estimate of drug-likeness (QED) is 0.802. The van der Waals surface area contributed by atoms with Crippen molar-refractivity contribution in [1.82, 2.24) is 0 Å². The molecule has 1 amide bonds. The predicted molar refractivity (Wildman–Crippen MR) is 95.6 cm³/mol. The minimum Gasteiger partial charge on any atom is -0.489 e. The Morgan fingerprint density at radius 3 is 3.04 bits per heavy atom. The van der Waals surface area contributed by atoms with Gasteiger partial charge in [-0.05, 0) is 64.8 Å². The molecule has 1 fully saturated rings. The SMILES string of the molecule is Cc1ccc(NC(=O)c2sccc2Br)c(OCC2CCCO2)c1. The molecule has 1 N–H and O–H groups in total. The molecule has 0 saturated carbocycles. The van der Waals surface area contributed by atoms with Gasteiger partial charge in [-0.2, -0.15) is 0 Å². The van der Waals surface area contributed by atoms with Crippen LogP contribution in [0.2, 0.25) is 0 Å². The molecule has 122 valence electrons. The Balaban J connectivity index is 1.73. The molecule has 2 aromatic rings. The van der Waals surface area contributed by atoms with Crippen LogP contribution in [0.15, 0.2) is 34.1 Å². The number of thiophene rings is 1. The number of anilines is 1. The summed E-state index contributed by atoms with van der Waals surface area (Å²) in [7, 11) is 0. The van der Waals surface area contributed by atoms with Gasteiger partial charge in [0.2, 0.25) is 0 Å². The second-order valence-corrected chi connectivity index (χ2v) is 7.27. The molecule has 2 heterocycles. The molecule has 1 aromatic carbocycles. The molecular formula is C17H18BrNO3S. The molecule has 1 saturated heterocycles. The van der Waals surface area contributed by atoms with Crippen LogP contribution in [0.1, 0.15) is 28.1 Å². The summed E-state index contributed by atoms with van der Waals surface area (Å²) in [5, 5.41) is 4.81. The van der Waals surface area contributed by atoms with Crippen molar-refractivity contribution in [3.8, 4) is 5.75 Å². The molecule has 1 aromatic heterocycles. The first-order chi connectivity index (χ1) is 11.1. The lowest BCUT2D eigenvalue weighted by atomic mass is 10.2. The van der Waals surface area contributed by atoms with Crippen LogP contribution in [0, 0.1) is 6.92 Å². The molecule has 6 heteroatoms. The zero-order chi connectivity index (χ0) is 16.2. The van der Waals surface area contributed by atoms with Gasteiger partial charge in [0.25, 0.3) is 5.91 Å². The molecule has 0 bridgehead atoms. The molecule has 4 nitrogen and oxygen atoms in total. The summed E-state index contributed by atoms with van der Waals surface area (Å²) in [6, 6.07) is 7.63. The number of benzene rings is 1. The third-order valence-electron chi connectivity index (χ3n) is 3.66. The van der Waals surface area contributed by atoms with E-state index in [1.165, 1.54) is 11.3 Å². The summed E-state index contributed by atoms with van der Waals surface area (Å²) in [6.07, 6.45) is 2.25. The van der Waals surface area contributed by atoms with Crippen LogP contribution in [0.3, 0.4) is 0 Å². The fraction of sp³-hybridized carbons (Fsp3) is 0.353. The number of halogens is 1. The number of carbonyl (C=O) groups is 1. The first kappa shape index (κ1) is 16.5. The number of nitrogens with one attached hydrogen (secondary N) is 1. The summed E-state index contributed by atoms with van der Waals surface area (Å²) in [5.74, 6) is 0.541. The maximum Gasteiger partial charge on any atom is 0.266 e. The van der Waals surface area contributed by atoms with Crippen LogP contribution in [0.4, 0.5) is 5.69 Å². The molecule has 0 aliphatic carbocycles. The minimum atomic E-state index is -0.141. The molecule has 0 radical (unpaired) electrons. The van der Waals surface area contributed by atoms with E-state index >= 15 is 0 Å². The number of hydrogen-bond acceptors (Lipinski definition) is 4. The highest BCUT2D eigenvalue weighted by molar-refractivity contribution is 9.10. The summed E-state index contributed by atoms with van der Waals surface area (Å²) >= 11 is 4.79. The van der Waals surface area contributed by atoms with Crippen molar-refractivity contribution in [2.24, 2.45) is 0 Å². The van der Waals surface area contributed by atoms with E-state index in [9.17, 15) is 4.79 Å². The smallest absolute Gasteiger partial charge is 0.266 e. The summed E-state index contributed by atoms with van der Waals surface area (Å²) in [5.41, 5.74) is 1.77. The van der Waals surface area contributed by atoms with Gasteiger partial charge in [-0.3, -0.25) is 4.79 Å². The molecular weight excluding hydrogens is 378 g/mol. The van der Waals surface area contributed by atoms with Crippen molar-refractivity contribution in [3.05, 3.63) is 44.6 Å². The van der Waals surface area contributed by atoms with E-state index in [-0.39, 0.29) is 12.0 Å². The van der Waals surface area contributed by atoms with E-state index < -0.39 is 0 Å². The fourth-order valence-electron chi connectivity index (χ4n) is 2.45. The average molecular weight is 396 g/mol. The molecule has 0 spiro atoms. The maximum atomic E-state index is 12.4. The number of ether oxygens (including phenoxy) is 2. The first-order valence-corrected chi connectivity index (χ1v) is 9.20. The maximum absolute atomic E-state index is 12.4. The Morgan fingerprint density at radius 1 is 1.48 bits per heavy atom. The van der Waals surface area contributed by atoms with Crippen LogP contribution in [-0.2, 0) is 4.74 Å². The summed E-state index contributed by atoms with van der Waals surface area (Å²) in [6.45, 7) is 3.31. The van der Waals surface area contributed by atoms with Crippen molar-refractivity contribution < 1.29 is 14.3 Å². The second-order valence-electron chi connectivity index (χ2n) is 5.50. The molecule has 3 rings (SSSR count). The largest absolute Gasteiger partial charge is 0.489 e. The van der Waals surface area contributed by atoms with Gasteiger partial charge in [0, 0.05) is 11.1 Å². The van der Waals surface area contributed by atoms with Crippen LogP contribution >= 0.6 is 27.3 Å². The van der Waals surface area contributed by atoms with E-state index in [1.807, 2.05) is 36.6 Å². The summed E-state index contributed by atoms with van der Waals surface area (Å²) in [4.78, 5) is 13.0. The number of rotatable bonds is 5. The lowest BCUT2D eigenvalue weighted by Crippen LogP contribution is -2.18. The van der Waals surface area contributed by atoms with Crippen molar-refractivity contribution in [3.63, 3.8) is 0 Å². The lowest BCUT2D eigenvalue weighted by Gasteiger charge is -2.15. The van der Waals surface area contributed by atoms with Crippen LogP contribution in [-0.4, -0.2) is 25.2 Å². The van der Waals surface area contributed by atoms with Crippen LogP contribution < -0.4 is 10.1 Å². The number of carbonyl (C=O) groups excluding carboxylic acids is 1. The van der Waals surface area contributed by atoms with Crippen molar-refractivity contribution >= 4 is 38.9 Å². The zero-order valence-corrected chi connectivity index (χ0v) is 15.2. The normalized spacial score (nSPS) is 17.2. The average Bonchev–Trinajstić information content (AvgIpc) is 3.18. The second kappa shape index (κ2) is 7.47. The molecule has 1 unspecified atom stereocenters. The molecule has 1 aliphatic heterocycles.